The van der Waals surface area contributed by atoms with E-state index in [1.54, 1.807) is 6.07 Å². The summed E-state index contributed by atoms with van der Waals surface area (Å²) in [5.41, 5.74) is 4.01. The minimum Gasteiger partial charge on any atom is -0.370 e. The molecule has 7 heteroatoms. The van der Waals surface area contributed by atoms with Crippen molar-refractivity contribution in [2.45, 2.75) is 13.5 Å². The third-order valence-electron chi connectivity index (χ3n) is 4.54. The van der Waals surface area contributed by atoms with E-state index < -0.39 is 0 Å². The fourth-order valence-electron chi connectivity index (χ4n) is 3.00. The number of nitrogens with one attached hydrogen (secondary N) is 1. The molecule has 0 radical (unpaired) electrons. The molecule has 26 heavy (non-hydrogen) atoms. The number of carbonyl (C=O) groups is 1. The zero-order valence-corrected chi connectivity index (χ0v) is 15.4. The molecule has 0 spiro atoms. The fourth-order valence-corrected chi connectivity index (χ4v) is 3.90. The van der Waals surface area contributed by atoms with Crippen LogP contribution in [0.1, 0.15) is 21.6 Å². The average molecular weight is 368 g/mol. The first-order chi connectivity index (χ1) is 12.7. The largest absolute Gasteiger partial charge is 0.370 e. The van der Waals surface area contributed by atoms with Gasteiger partial charge >= 0.3 is 0 Å². The van der Waals surface area contributed by atoms with Gasteiger partial charge in [-0.3, -0.25) is 4.79 Å². The van der Waals surface area contributed by atoms with Crippen molar-refractivity contribution in [1.82, 2.24) is 15.5 Å². The quantitative estimate of drug-likeness (QED) is 0.763. The van der Waals surface area contributed by atoms with E-state index in [1.807, 2.05) is 18.7 Å². The molecule has 1 fully saturated rings. The van der Waals surface area contributed by atoms with E-state index in [-0.39, 0.29) is 5.91 Å². The predicted molar refractivity (Wildman–Crippen MR) is 104 cm³/mol. The van der Waals surface area contributed by atoms with E-state index >= 15 is 0 Å². The summed E-state index contributed by atoms with van der Waals surface area (Å²) in [6.07, 6.45) is 1.51. The summed E-state index contributed by atoms with van der Waals surface area (Å²) < 4.78 is 5.08. The lowest BCUT2D eigenvalue weighted by molar-refractivity contribution is 0.0950. The van der Waals surface area contributed by atoms with E-state index in [0.29, 0.717) is 17.8 Å². The second-order valence-electron chi connectivity index (χ2n) is 6.29. The van der Waals surface area contributed by atoms with Crippen LogP contribution < -0.4 is 10.2 Å². The molecule has 1 amide bonds. The van der Waals surface area contributed by atoms with Gasteiger partial charge in [-0.05, 0) is 30.7 Å². The third-order valence-corrected chi connectivity index (χ3v) is 5.48. The van der Waals surface area contributed by atoms with Crippen molar-refractivity contribution >= 4 is 34.5 Å². The summed E-state index contributed by atoms with van der Waals surface area (Å²) in [4.78, 5) is 18.9. The number of hydrogen-bond acceptors (Lipinski definition) is 6. The molecule has 1 saturated heterocycles. The zero-order chi connectivity index (χ0) is 17.9. The highest BCUT2D eigenvalue weighted by molar-refractivity contribution is 7.99. The van der Waals surface area contributed by atoms with Crippen LogP contribution in [-0.2, 0) is 6.54 Å². The van der Waals surface area contributed by atoms with E-state index in [2.05, 4.69) is 44.6 Å². The van der Waals surface area contributed by atoms with Gasteiger partial charge in [-0.2, -0.15) is 11.8 Å². The van der Waals surface area contributed by atoms with E-state index in [9.17, 15) is 4.79 Å². The van der Waals surface area contributed by atoms with Crippen LogP contribution in [-0.4, -0.2) is 40.6 Å². The normalized spacial score (nSPS) is 14.6. The van der Waals surface area contributed by atoms with Gasteiger partial charge in [-0.15, -0.1) is 0 Å². The average Bonchev–Trinajstić information content (AvgIpc) is 3.07. The van der Waals surface area contributed by atoms with Crippen molar-refractivity contribution in [2.24, 2.45) is 0 Å². The summed E-state index contributed by atoms with van der Waals surface area (Å²) >= 11 is 2.00. The highest BCUT2D eigenvalue weighted by Crippen LogP contribution is 2.20. The number of aryl methyl sites for hydroxylation is 1. The summed E-state index contributed by atoms with van der Waals surface area (Å²) in [6.45, 7) is 4.50. The van der Waals surface area contributed by atoms with Crippen LogP contribution in [0.5, 0.6) is 0 Å². The first-order valence-corrected chi connectivity index (χ1v) is 9.78. The predicted octanol–water partition coefficient (Wildman–Crippen LogP) is 3.01. The Bertz CT molecular complexity index is 917. The van der Waals surface area contributed by atoms with E-state index in [1.165, 1.54) is 23.4 Å². The number of anilines is 1. The number of rotatable bonds is 4. The monoisotopic (exact) mass is 368 g/mol. The van der Waals surface area contributed by atoms with Gasteiger partial charge < -0.3 is 14.7 Å². The Morgan fingerprint density at radius 3 is 2.81 bits per heavy atom. The lowest BCUT2D eigenvalue weighted by Gasteiger charge is -2.28. The van der Waals surface area contributed by atoms with Crippen LogP contribution in [0.15, 0.2) is 41.1 Å². The summed E-state index contributed by atoms with van der Waals surface area (Å²) in [7, 11) is 0. The Labute approximate surface area is 155 Å². The molecule has 0 atom stereocenters. The number of benzene rings is 1. The molecule has 2 aromatic heterocycles. The van der Waals surface area contributed by atoms with Gasteiger partial charge in [0.25, 0.3) is 11.6 Å². The van der Waals surface area contributed by atoms with Crippen molar-refractivity contribution in [3.63, 3.8) is 0 Å². The van der Waals surface area contributed by atoms with Crippen LogP contribution in [0.25, 0.3) is 11.1 Å². The van der Waals surface area contributed by atoms with Crippen LogP contribution in [0.4, 0.5) is 5.69 Å². The Kier molecular flexibility index (Phi) is 4.79. The number of thioether (sulfide) groups is 1. The summed E-state index contributed by atoms with van der Waals surface area (Å²) in [5.74, 6) is 2.21. The van der Waals surface area contributed by atoms with Gasteiger partial charge in [-0.1, -0.05) is 17.3 Å². The van der Waals surface area contributed by atoms with Crippen molar-refractivity contribution in [1.29, 1.82) is 0 Å². The number of fused-ring (bicyclic) bond motifs is 1. The minimum absolute atomic E-state index is 0.155. The highest BCUT2D eigenvalue weighted by atomic mass is 32.2. The molecule has 4 rings (SSSR count). The number of hydrogen-bond donors (Lipinski definition) is 1. The van der Waals surface area contributed by atoms with Crippen LogP contribution in [0.2, 0.25) is 0 Å². The first kappa shape index (κ1) is 16.9. The summed E-state index contributed by atoms with van der Waals surface area (Å²) in [6, 6.07) is 10.2. The molecule has 0 unspecified atom stereocenters. The molecule has 1 aliphatic rings. The van der Waals surface area contributed by atoms with Gasteiger partial charge in [0, 0.05) is 43.0 Å². The van der Waals surface area contributed by atoms with Crippen molar-refractivity contribution in [2.75, 3.05) is 29.5 Å². The SMILES string of the molecule is Cc1noc2ncc(C(=O)NCc3ccc(N4CCSCC4)cc3)cc12. The summed E-state index contributed by atoms with van der Waals surface area (Å²) in [5, 5.41) is 7.57. The molecule has 0 saturated carbocycles. The standard InChI is InChI=1S/C19H20N4O2S/c1-13-17-10-15(12-21-19(17)25-22-13)18(24)20-11-14-2-4-16(5-3-14)23-6-8-26-9-7-23/h2-5,10,12H,6-9,11H2,1H3,(H,20,24). The topological polar surface area (TPSA) is 71.3 Å². The first-order valence-electron chi connectivity index (χ1n) is 8.62. The molecule has 3 heterocycles. The number of aromatic nitrogens is 2. The molecule has 0 bridgehead atoms. The number of pyridine rings is 1. The Morgan fingerprint density at radius 1 is 1.27 bits per heavy atom. The number of nitrogens with zero attached hydrogens (tertiary/aromatic N) is 3. The molecule has 1 aliphatic heterocycles. The lowest BCUT2D eigenvalue weighted by atomic mass is 10.1. The molecule has 134 valence electrons. The molecule has 3 aromatic rings. The van der Waals surface area contributed by atoms with Gasteiger partial charge in [0.15, 0.2) is 0 Å². The maximum absolute atomic E-state index is 12.4. The molecular weight excluding hydrogens is 348 g/mol. The van der Waals surface area contributed by atoms with Crippen LogP contribution in [0, 0.1) is 6.92 Å². The Hall–Kier alpha value is -2.54. The molecule has 0 aliphatic carbocycles. The van der Waals surface area contributed by atoms with Gasteiger partial charge in [0.05, 0.1) is 16.6 Å². The third kappa shape index (κ3) is 3.53. The number of amides is 1. The maximum atomic E-state index is 12.4. The molecule has 1 aromatic carbocycles. The van der Waals surface area contributed by atoms with Gasteiger partial charge in [0.2, 0.25) is 0 Å². The molecule has 6 nitrogen and oxygen atoms in total. The Balaban J connectivity index is 1.39. The van der Waals surface area contributed by atoms with Gasteiger partial charge in [-0.25, -0.2) is 4.98 Å². The smallest absolute Gasteiger partial charge is 0.257 e. The second kappa shape index (κ2) is 7.37. The maximum Gasteiger partial charge on any atom is 0.257 e. The van der Waals surface area contributed by atoms with Crippen LogP contribution in [0.3, 0.4) is 0 Å². The number of carbonyl (C=O) groups excluding carboxylic acids is 1. The fraction of sp³-hybridized carbons (Fsp3) is 0.316. The van der Waals surface area contributed by atoms with E-state index in [0.717, 1.165) is 29.7 Å². The van der Waals surface area contributed by atoms with E-state index in [4.69, 9.17) is 4.52 Å². The zero-order valence-electron chi connectivity index (χ0n) is 14.6. The van der Waals surface area contributed by atoms with Crippen molar-refractivity contribution in [3.8, 4) is 0 Å². The second-order valence-corrected chi connectivity index (χ2v) is 7.52. The molecule has 1 N–H and O–H groups in total. The highest BCUT2D eigenvalue weighted by Gasteiger charge is 2.13. The minimum atomic E-state index is -0.155. The van der Waals surface area contributed by atoms with Crippen molar-refractivity contribution in [3.05, 3.63) is 53.3 Å². The molecular formula is C19H20N4O2S. The van der Waals surface area contributed by atoms with Gasteiger partial charge in [0.1, 0.15) is 0 Å². The van der Waals surface area contributed by atoms with Crippen molar-refractivity contribution < 1.29 is 9.32 Å². The van der Waals surface area contributed by atoms with Crippen LogP contribution >= 0.6 is 11.8 Å². The lowest BCUT2D eigenvalue weighted by Crippen LogP contribution is -2.32. The Morgan fingerprint density at radius 2 is 2.04 bits per heavy atom.